The molecule has 0 spiro atoms. The maximum Gasteiger partial charge on any atom is 0.268 e. The summed E-state index contributed by atoms with van der Waals surface area (Å²) in [7, 11) is 0. The normalized spacial score (nSPS) is 10.4. The van der Waals surface area contributed by atoms with E-state index in [0.29, 0.717) is 6.54 Å². The predicted octanol–water partition coefficient (Wildman–Crippen LogP) is 2.50. The Morgan fingerprint density at radius 2 is 1.81 bits per heavy atom. The van der Waals surface area contributed by atoms with E-state index in [-0.39, 0.29) is 5.56 Å². The minimum Gasteiger partial charge on any atom is -0.268 e. The molecular weight excluding hydrogens is 430 g/mol. The van der Waals surface area contributed by atoms with Crippen LogP contribution in [0.2, 0.25) is 0 Å². The van der Waals surface area contributed by atoms with Crippen molar-refractivity contribution >= 4 is 45.2 Å². The number of hydrogen-bond acceptors (Lipinski definition) is 2. The molecule has 0 aliphatic carbocycles. The Morgan fingerprint density at radius 3 is 2.44 bits per heavy atom. The predicted molar refractivity (Wildman–Crippen MR) is 79.5 cm³/mol. The second-order valence-corrected chi connectivity index (χ2v) is 5.79. The van der Waals surface area contributed by atoms with E-state index in [4.69, 9.17) is 0 Å². The number of nitrogens with zero attached hydrogens (tertiary/aromatic N) is 2. The first-order chi connectivity index (χ1) is 7.65. The second-order valence-electron chi connectivity index (χ2n) is 3.30. The SMILES string of the molecule is O=c1cc(I)cnn1Cc1ccc(I)cc1. The number of benzene rings is 1. The Kier molecular flexibility index (Phi) is 3.95. The monoisotopic (exact) mass is 438 g/mol. The Morgan fingerprint density at radius 1 is 1.12 bits per heavy atom. The van der Waals surface area contributed by atoms with E-state index in [9.17, 15) is 4.79 Å². The maximum atomic E-state index is 11.6. The average Bonchev–Trinajstić information content (AvgIpc) is 2.25. The summed E-state index contributed by atoms with van der Waals surface area (Å²) in [4.78, 5) is 11.6. The summed E-state index contributed by atoms with van der Waals surface area (Å²) >= 11 is 4.33. The molecule has 0 aliphatic heterocycles. The topological polar surface area (TPSA) is 34.9 Å². The minimum atomic E-state index is -0.0644. The van der Waals surface area contributed by atoms with E-state index in [1.54, 1.807) is 12.3 Å². The molecule has 0 N–H and O–H groups in total. The molecule has 16 heavy (non-hydrogen) atoms. The average molecular weight is 438 g/mol. The van der Waals surface area contributed by atoms with Gasteiger partial charge in [-0.15, -0.1) is 0 Å². The first kappa shape index (κ1) is 12.0. The number of rotatable bonds is 2. The lowest BCUT2D eigenvalue weighted by Gasteiger charge is -2.04. The summed E-state index contributed by atoms with van der Waals surface area (Å²) in [6, 6.07) is 9.64. The zero-order valence-electron chi connectivity index (χ0n) is 8.23. The van der Waals surface area contributed by atoms with Crippen molar-refractivity contribution in [2.24, 2.45) is 0 Å². The van der Waals surface area contributed by atoms with Crippen LogP contribution in [0, 0.1) is 7.14 Å². The highest BCUT2D eigenvalue weighted by Gasteiger charge is 1.99. The molecule has 0 fully saturated rings. The highest BCUT2D eigenvalue weighted by molar-refractivity contribution is 14.1. The molecule has 1 aromatic carbocycles. The van der Waals surface area contributed by atoms with E-state index >= 15 is 0 Å². The van der Waals surface area contributed by atoms with Crippen molar-refractivity contribution in [1.29, 1.82) is 0 Å². The Labute approximate surface area is 120 Å². The summed E-state index contributed by atoms with van der Waals surface area (Å²) in [6.07, 6.45) is 1.69. The summed E-state index contributed by atoms with van der Waals surface area (Å²) in [6.45, 7) is 0.521. The van der Waals surface area contributed by atoms with Gasteiger partial charge in [0.15, 0.2) is 0 Å². The highest BCUT2D eigenvalue weighted by Crippen LogP contribution is 2.07. The molecule has 0 saturated carbocycles. The maximum absolute atomic E-state index is 11.6. The quantitative estimate of drug-likeness (QED) is 0.676. The standard InChI is InChI=1S/C11H8I2N2O/c12-9-3-1-8(2-4-9)7-15-11(16)5-10(13)6-14-15/h1-6H,7H2. The van der Waals surface area contributed by atoms with Gasteiger partial charge in [0.05, 0.1) is 12.7 Å². The van der Waals surface area contributed by atoms with Gasteiger partial charge in [0.25, 0.3) is 5.56 Å². The van der Waals surface area contributed by atoms with Crippen LogP contribution in [-0.2, 0) is 6.54 Å². The molecule has 1 aromatic heterocycles. The van der Waals surface area contributed by atoms with Crippen LogP contribution in [0.25, 0.3) is 0 Å². The first-order valence-electron chi connectivity index (χ1n) is 4.62. The Balaban J connectivity index is 2.27. The molecule has 2 rings (SSSR count). The Bertz CT molecular complexity index is 549. The van der Waals surface area contributed by atoms with Crippen molar-refractivity contribution in [3.8, 4) is 0 Å². The molecule has 1 heterocycles. The largest absolute Gasteiger partial charge is 0.268 e. The van der Waals surface area contributed by atoms with Crippen LogP contribution in [0.1, 0.15) is 5.56 Å². The highest BCUT2D eigenvalue weighted by atomic mass is 127. The minimum absolute atomic E-state index is 0.0644. The molecule has 0 radical (unpaired) electrons. The van der Waals surface area contributed by atoms with E-state index in [2.05, 4.69) is 50.3 Å². The van der Waals surface area contributed by atoms with Gasteiger partial charge in [0, 0.05) is 13.2 Å². The number of halogens is 2. The van der Waals surface area contributed by atoms with Gasteiger partial charge in [-0.1, -0.05) is 12.1 Å². The summed E-state index contributed by atoms with van der Waals surface area (Å²) in [5, 5.41) is 4.09. The van der Waals surface area contributed by atoms with E-state index < -0.39 is 0 Å². The lowest BCUT2D eigenvalue weighted by Crippen LogP contribution is -2.22. The van der Waals surface area contributed by atoms with Crippen LogP contribution < -0.4 is 5.56 Å². The van der Waals surface area contributed by atoms with E-state index in [1.165, 1.54) is 8.25 Å². The molecule has 82 valence electrons. The van der Waals surface area contributed by atoms with Crippen molar-refractivity contribution in [2.75, 3.05) is 0 Å². The Hall–Kier alpha value is -0.440. The van der Waals surface area contributed by atoms with Gasteiger partial charge >= 0.3 is 0 Å². The van der Waals surface area contributed by atoms with E-state index in [1.807, 2.05) is 24.3 Å². The smallest absolute Gasteiger partial charge is 0.268 e. The van der Waals surface area contributed by atoms with Gasteiger partial charge < -0.3 is 0 Å². The lowest BCUT2D eigenvalue weighted by atomic mass is 10.2. The molecule has 5 heteroatoms. The van der Waals surface area contributed by atoms with Crippen LogP contribution in [0.4, 0.5) is 0 Å². The van der Waals surface area contributed by atoms with Crippen molar-refractivity contribution in [1.82, 2.24) is 9.78 Å². The number of hydrogen-bond donors (Lipinski definition) is 0. The fourth-order valence-corrected chi connectivity index (χ4v) is 2.04. The summed E-state index contributed by atoms with van der Waals surface area (Å²) < 4.78 is 3.51. The van der Waals surface area contributed by atoms with Crippen LogP contribution in [-0.4, -0.2) is 9.78 Å². The fraction of sp³-hybridized carbons (Fsp3) is 0.0909. The zero-order chi connectivity index (χ0) is 11.5. The van der Waals surface area contributed by atoms with Crippen molar-refractivity contribution in [3.63, 3.8) is 0 Å². The van der Waals surface area contributed by atoms with Gasteiger partial charge in [-0.2, -0.15) is 5.10 Å². The third-order valence-corrected chi connectivity index (χ3v) is 3.39. The van der Waals surface area contributed by atoms with Gasteiger partial charge in [-0.25, -0.2) is 4.68 Å². The van der Waals surface area contributed by atoms with Crippen LogP contribution in [0.15, 0.2) is 41.3 Å². The van der Waals surface area contributed by atoms with Gasteiger partial charge in [0.1, 0.15) is 0 Å². The van der Waals surface area contributed by atoms with Crippen molar-refractivity contribution in [2.45, 2.75) is 6.54 Å². The van der Waals surface area contributed by atoms with Crippen molar-refractivity contribution in [3.05, 3.63) is 59.6 Å². The molecular formula is C11H8I2N2O. The molecule has 0 saturated heterocycles. The molecule has 0 atom stereocenters. The van der Waals surface area contributed by atoms with Crippen LogP contribution >= 0.6 is 45.2 Å². The zero-order valence-corrected chi connectivity index (χ0v) is 12.5. The second kappa shape index (κ2) is 5.26. The lowest BCUT2D eigenvalue weighted by molar-refractivity contribution is 0.636. The molecule has 3 nitrogen and oxygen atoms in total. The first-order valence-corrected chi connectivity index (χ1v) is 6.78. The molecule has 0 aliphatic rings. The number of aromatic nitrogens is 2. The van der Waals surface area contributed by atoms with E-state index in [0.717, 1.165) is 9.13 Å². The van der Waals surface area contributed by atoms with Crippen LogP contribution in [0.5, 0.6) is 0 Å². The molecule has 0 unspecified atom stereocenters. The summed E-state index contributed by atoms with van der Waals surface area (Å²) in [5.41, 5.74) is 1.02. The molecule has 0 amide bonds. The molecule has 0 bridgehead atoms. The van der Waals surface area contributed by atoms with Gasteiger partial charge in [-0.05, 0) is 62.9 Å². The third-order valence-electron chi connectivity index (χ3n) is 2.08. The van der Waals surface area contributed by atoms with Crippen molar-refractivity contribution < 1.29 is 0 Å². The fourth-order valence-electron chi connectivity index (χ4n) is 1.29. The molecule has 2 aromatic rings. The van der Waals surface area contributed by atoms with Gasteiger partial charge in [0.2, 0.25) is 0 Å². The third kappa shape index (κ3) is 3.03. The summed E-state index contributed by atoms with van der Waals surface area (Å²) in [5.74, 6) is 0. The van der Waals surface area contributed by atoms with Gasteiger partial charge in [-0.3, -0.25) is 4.79 Å². The van der Waals surface area contributed by atoms with Crippen LogP contribution in [0.3, 0.4) is 0 Å².